The van der Waals surface area contributed by atoms with Gasteiger partial charge in [0.15, 0.2) is 0 Å². The van der Waals surface area contributed by atoms with Gasteiger partial charge >= 0.3 is 5.97 Å². The number of piperazine rings is 1. The first-order valence-electron chi connectivity index (χ1n) is 13.5. The lowest BCUT2D eigenvalue weighted by atomic mass is 10.0. The SMILES string of the molecule is CC1=NC(CN2CCN(C(=O)c3ccc4nc(-c5ccc(Cl)cc5)c(CC/C=C/C(=O)O)nc4c3)CC2)C(C)S1. The molecule has 208 valence electrons. The normalized spacial score (nSPS) is 19.9. The molecule has 2 unspecified atom stereocenters. The molecular weight excluding hydrogens is 546 g/mol. The van der Waals surface area contributed by atoms with Crippen molar-refractivity contribution < 1.29 is 14.7 Å². The van der Waals surface area contributed by atoms with E-state index < -0.39 is 5.97 Å². The zero-order valence-electron chi connectivity index (χ0n) is 22.6. The lowest BCUT2D eigenvalue weighted by molar-refractivity contribution is -0.131. The Balaban J connectivity index is 1.33. The Morgan fingerprint density at radius 1 is 1.07 bits per heavy atom. The van der Waals surface area contributed by atoms with Crippen LogP contribution >= 0.6 is 23.4 Å². The van der Waals surface area contributed by atoms with E-state index >= 15 is 0 Å². The number of nitrogens with zero attached hydrogens (tertiary/aromatic N) is 5. The number of aromatic nitrogens is 2. The van der Waals surface area contributed by atoms with Crippen LogP contribution < -0.4 is 0 Å². The van der Waals surface area contributed by atoms with Crippen molar-refractivity contribution in [1.82, 2.24) is 19.8 Å². The number of amides is 1. The van der Waals surface area contributed by atoms with Crippen LogP contribution in [0.4, 0.5) is 0 Å². The van der Waals surface area contributed by atoms with Gasteiger partial charge in [-0.05, 0) is 50.1 Å². The summed E-state index contributed by atoms with van der Waals surface area (Å²) in [6.07, 6.45) is 3.75. The minimum Gasteiger partial charge on any atom is -0.478 e. The summed E-state index contributed by atoms with van der Waals surface area (Å²) < 4.78 is 0. The molecule has 1 fully saturated rings. The topological polar surface area (TPSA) is 99.0 Å². The molecule has 2 atom stereocenters. The second-order valence-electron chi connectivity index (χ2n) is 10.1. The highest BCUT2D eigenvalue weighted by Gasteiger charge is 2.29. The number of fused-ring (bicyclic) bond motifs is 1. The first-order chi connectivity index (χ1) is 19.3. The smallest absolute Gasteiger partial charge is 0.327 e. The number of aliphatic imine (C=N–C) groups is 1. The zero-order chi connectivity index (χ0) is 28.2. The number of carboxylic acids is 1. The largest absolute Gasteiger partial charge is 0.478 e. The molecule has 1 N–H and O–H groups in total. The number of carbonyl (C=O) groups excluding carboxylic acids is 1. The van der Waals surface area contributed by atoms with Crippen molar-refractivity contribution in [3.63, 3.8) is 0 Å². The average molecular weight is 578 g/mol. The first kappa shape index (κ1) is 28.3. The van der Waals surface area contributed by atoms with Crippen molar-refractivity contribution in [3.05, 3.63) is 70.9 Å². The minimum absolute atomic E-state index is 0.00488. The first-order valence-corrected chi connectivity index (χ1v) is 14.7. The van der Waals surface area contributed by atoms with Crippen LogP contribution in [0.3, 0.4) is 0 Å². The molecule has 0 spiro atoms. The summed E-state index contributed by atoms with van der Waals surface area (Å²) in [7, 11) is 0. The third-order valence-electron chi connectivity index (χ3n) is 7.26. The fourth-order valence-corrected chi connectivity index (χ4v) is 6.29. The molecule has 2 aromatic carbocycles. The predicted molar refractivity (Wildman–Crippen MR) is 161 cm³/mol. The monoisotopic (exact) mass is 577 g/mol. The molecule has 1 saturated heterocycles. The van der Waals surface area contributed by atoms with E-state index in [-0.39, 0.29) is 5.91 Å². The van der Waals surface area contributed by atoms with Gasteiger partial charge in [-0.3, -0.25) is 14.7 Å². The van der Waals surface area contributed by atoms with Crippen molar-refractivity contribution in [2.75, 3.05) is 32.7 Å². The number of aliphatic carboxylic acids is 1. The molecule has 2 aliphatic heterocycles. The van der Waals surface area contributed by atoms with Crippen LogP contribution in [0.5, 0.6) is 0 Å². The number of rotatable bonds is 8. The maximum Gasteiger partial charge on any atom is 0.327 e. The number of carboxylic acid groups (broad SMARTS) is 1. The Kier molecular flexibility index (Phi) is 8.83. The van der Waals surface area contributed by atoms with Crippen LogP contribution in [-0.4, -0.2) is 85.8 Å². The summed E-state index contributed by atoms with van der Waals surface area (Å²) in [5, 5.41) is 11.2. The van der Waals surface area contributed by atoms with Gasteiger partial charge in [-0.15, -0.1) is 11.8 Å². The molecule has 1 aromatic heterocycles. The van der Waals surface area contributed by atoms with Gasteiger partial charge in [-0.1, -0.05) is 36.7 Å². The van der Waals surface area contributed by atoms with Crippen LogP contribution in [0.1, 0.15) is 36.3 Å². The Morgan fingerprint density at radius 2 is 1.82 bits per heavy atom. The summed E-state index contributed by atoms with van der Waals surface area (Å²) in [5.74, 6) is -0.989. The van der Waals surface area contributed by atoms with Crippen molar-refractivity contribution in [3.8, 4) is 11.3 Å². The molecule has 0 radical (unpaired) electrons. The van der Waals surface area contributed by atoms with E-state index in [1.807, 2.05) is 47.0 Å². The van der Waals surface area contributed by atoms with Crippen LogP contribution in [0, 0.1) is 0 Å². The molecule has 40 heavy (non-hydrogen) atoms. The van der Waals surface area contributed by atoms with Crippen LogP contribution in [0.2, 0.25) is 5.02 Å². The van der Waals surface area contributed by atoms with Crippen molar-refractivity contribution in [2.45, 2.75) is 38.0 Å². The van der Waals surface area contributed by atoms with Crippen molar-refractivity contribution in [1.29, 1.82) is 0 Å². The van der Waals surface area contributed by atoms with E-state index in [1.54, 1.807) is 18.2 Å². The molecule has 5 rings (SSSR count). The van der Waals surface area contributed by atoms with E-state index in [2.05, 4.69) is 18.7 Å². The fraction of sp³-hybridized carbons (Fsp3) is 0.367. The maximum atomic E-state index is 13.4. The summed E-state index contributed by atoms with van der Waals surface area (Å²) in [6.45, 7) is 8.25. The summed E-state index contributed by atoms with van der Waals surface area (Å²) in [5.41, 5.74) is 4.25. The van der Waals surface area contributed by atoms with Gasteiger partial charge in [-0.2, -0.15) is 0 Å². The molecule has 10 heteroatoms. The fourth-order valence-electron chi connectivity index (χ4n) is 5.13. The van der Waals surface area contributed by atoms with Gasteiger partial charge in [0.1, 0.15) is 0 Å². The molecular formula is C30H32ClN5O3S. The molecule has 1 amide bonds. The van der Waals surface area contributed by atoms with Crippen molar-refractivity contribution in [2.24, 2.45) is 4.99 Å². The molecule has 3 aromatic rings. The zero-order valence-corrected chi connectivity index (χ0v) is 24.2. The predicted octanol–water partition coefficient (Wildman–Crippen LogP) is 5.20. The van der Waals surface area contributed by atoms with E-state index in [1.165, 1.54) is 0 Å². The number of hydrogen-bond donors (Lipinski definition) is 1. The third-order valence-corrected chi connectivity index (χ3v) is 8.64. The number of benzene rings is 2. The standard InChI is InChI=1S/C30H32ClN5O3S/c1-19-27(32-20(2)40-19)18-35-13-15-36(16-14-35)30(39)22-9-12-24-26(17-22)33-25(5-3-4-6-28(37)38)29(34-24)21-7-10-23(31)11-8-21/h4,6-12,17,19,27H,3,5,13-16,18H2,1-2H3,(H,37,38)/b6-4+. The second kappa shape index (κ2) is 12.5. The number of hydrogen-bond acceptors (Lipinski definition) is 7. The summed E-state index contributed by atoms with van der Waals surface area (Å²) in [6, 6.07) is 13.2. The lowest BCUT2D eigenvalue weighted by Crippen LogP contribution is -2.50. The number of halogens is 1. The molecule has 2 aliphatic rings. The molecule has 8 nitrogen and oxygen atoms in total. The molecule has 0 aliphatic carbocycles. The molecule has 0 saturated carbocycles. The van der Waals surface area contributed by atoms with Crippen LogP contribution in [0.25, 0.3) is 22.3 Å². The van der Waals surface area contributed by atoms with Gasteiger partial charge in [-0.25, -0.2) is 14.8 Å². The Morgan fingerprint density at radius 3 is 2.50 bits per heavy atom. The van der Waals surface area contributed by atoms with E-state index in [0.717, 1.165) is 47.7 Å². The van der Waals surface area contributed by atoms with Crippen LogP contribution in [0.15, 0.2) is 59.6 Å². The van der Waals surface area contributed by atoms with Gasteiger partial charge in [0, 0.05) is 60.2 Å². The van der Waals surface area contributed by atoms with Crippen molar-refractivity contribution >= 4 is 51.3 Å². The van der Waals surface area contributed by atoms with Gasteiger partial charge in [0.25, 0.3) is 5.91 Å². The number of aryl methyl sites for hydroxylation is 1. The van der Waals surface area contributed by atoms with Gasteiger partial charge in [0.05, 0.1) is 33.5 Å². The molecule has 3 heterocycles. The van der Waals surface area contributed by atoms with E-state index in [4.69, 9.17) is 31.7 Å². The summed E-state index contributed by atoms with van der Waals surface area (Å²) >= 11 is 7.93. The third kappa shape index (κ3) is 6.71. The second-order valence-corrected chi connectivity index (χ2v) is 12.1. The minimum atomic E-state index is -0.984. The van der Waals surface area contributed by atoms with Gasteiger partial charge in [0.2, 0.25) is 0 Å². The number of thioether (sulfide) groups is 1. The number of allylic oxidation sites excluding steroid dienone is 1. The Bertz CT molecular complexity index is 1470. The van der Waals surface area contributed by atoms with Crippen LogP contribution in [-0.2, 0) is 11.2 Å². The number of carbonyl (C=O) groups is 2. The lowest BCUT2D eigenvalue weighted by Gasteiger charge is -2.36. The average Bonchev–Trinajstić information content (AvgIpc) is 3.26. The maximum absolute atomic E-state index is 13.4. The highest BCUT2D eigenvalue weighted by Crippen LogP contribution is 2.28. The van der Waals surface area contributed by atoms with E-state index in [9.17, 15) is 9.59 Å². The van der Waals surface area contributed by atoms with Gasteiger partial charge < -0.3 is 10.0 Å². The Labute approximate surface area is 243 Å². The highest BCUT2D eigenvalue weighted by molar-refractivity contribution is 8.14. The highest BCUT2D eigenvalue weighted by atomic mass is 35.5. The quantitative estimate of drug-likeness (QED) is 0.367. The molecule has 0 bridgehead atoms. The Hall–Kier alpha value is -3.27. The van der Waals surface area contributed by atoms with E-state index in [0.29, 0.717) is 58.8 Å². The summed E-state index contributed by atoms with van der Waals surface area (Å²) in [4.78, 5) is 43.2.